The Morgan fingerprint density at radius 3 is 2.16 bits per heavy atom. The van der Waals surface area contributed by atoms with E-state index in [1.807, 2.05) is 6.07 Å². The van der Waals surface area contributed by atoms with Gasteiger partial charge in [0.15, 0.2) is 0 Å². The maximum absolute atomic E-state index is 11.5. The molecule has 2 aromatic rings. The summed E-state index contributed by atoms with van der Waals surface area (Å²) < 4.78 is 16.1. The van der Waals surface area contributed by atoms with Crippen LogP contribution in [0.2, 0.25) is 0 Å². The number of aryl methyl sites for hydroxylation is 1. The molecule has 0 saturated carbocycles. The van der Waals surface area contributed by atoms with Crippen LogP contribution >= 0.6 is 0 Å². The normalized spacial score (nSPS) is 16.7. The summed E-state index contributed by atoms with van der Waals surface area (Å²) in [6.07, 6.45) is 2.04. The van der Waals surface area contributed by atoms with E-state index in [0.717, 1.165) is 62.8 Å². The standard InChI is InChI=1S/C19H26N2O4/c1-3-15-5-6-16(24-15)13-20-9-4-10-21(12-11-20)14-17-7-8-18(25-17)19(22)23-2/h5-8H,3-4,9-14H2,1-2H3. The van der Waals surface area contributed by atoms with Crippen LogP contribution in [0, 0.1) is 0 Å². The van der Waals surface area contributed by atoms with Gasteiger partial charge in [-0.2, -0.15) is 0 Å². The van der Waals surface area contributed by atoms with Crippen LogP contribution in [0.5, 0.6) is 0 Å². The first-order chi connectivity index (χ1) is 12.2. The van der Waals surface area contributed by atoms with E-state index in [1.54, 1.807) is 6.07 Å². The van der Waals surface area contributed by atoms with E-state index in [4.69, 9.17) is 8.83 Å². The molecule has 3 heterocycles. The smallest absolute Gasteiger partial charge is 0.373 e. The van der Waals surface area contributed by atoms with E-state index >= 15 is 0 Å². The minimum absolute atomic E-state index is 0.262. The first-order valence-corrected chi connectivity index (χ1v) is 8.87. The molecule has 1 aliphatic heterocycles. The molecule has 0 aliphatic carbocycles. The molecule has 0 amide bonds. The highest BCUT2D eigenvalue weighted by atomic mass is 16.5. The fraction of sp³-hybridized carbons (Fsp3) is 0.526. The van der Waals surface area contributed by atoms with Gasteiger partial charge in [-0.15, -0.1) is 0 Å². The lowest BCUT2D eigenvalue weighted by Crippen LogP contribution is -2.30. The lowest BCUT2D eigenvalue weighted by atomic mass is 10.3. The topological polar surface area (TPSA) is 59.1 Å². The monoisotopic (exact) mass is 346 g/mol. The van der Waals surface area contributed by atoms with Gasteiger partial charge in [0.05, 0.1) is 20.2 Å². The van der Waals surface area contributed by atoms with Crippen molar-refractivity contribution in [2.45, 2.75) is 32.9 Å². The van der Waals surface area contributed by atoms with Gasteiger partial charge in [-0.1, -0.05) is 6.92 Å². The van der Waals surface area contributed by atoms with Crippen LogP contribution in [0.3, 0.4) is 0 Å². The molecule has 1 aliphatic rings. The van der Waals surface area contributed by atoms with Gasteiger partial charge >= 0.3 is 5.97 Å². The summed E-state index contributed by atoms with van der Waals surface area (Å²) in [5.74, 6) is 2.72. The molecule has 2 aromatic heterocycles. The van der Waals surface area contributed by atoms with Crippen molar-refractivity contribution in [3.8, 4) is 0 Å². The van der Waals surface area contributed by atoms with Gasteiger partial charge in [0, 0.05) is 19.5 Å². The molecule has 1 fully saturated rings. The van der Waals surface area contributed by atoms with E-state index in [9.17, 15) is 4.79 Å². The number of hydrogen-bond donors (Lipinski definition) is 0. The molecule has 0 unspecified atom stereocenters. The van der Waals surface area contributed by atoms with Crippen LogP contribution in [0.15, 0.2) is 33.1 Å². The molecule has 25 heavy (non-hydrogen) atoms. The Morgan fingerprint density at radius 1 is 0.960 bits per heavy atom. The highest BCUT2D eigenvalue weighted by Crippen LogP contribution is 2.16. The largest absolute Gasteiger partial charge is 0.465 e. The van der Waals surface area contributed by atoms with Gasteiger partial charge in [0.2, 0.25) is 5.76 Å². The van der Waals surface area contributed by atoms with Crippen molar-refractivity contribution in [2.75, 3.05) is 33.3 Å². The van der Waals surface area contributed by atoms with Gasteiger partial charge < -0.3 is 13.6 Å². The number of furan rings is 2. The van der Waals surface area contributed by atoms with Crippen LogP contribution in [-0.4, -0.2) is 49.1 Å². The second-order valence-corrected chi connectivity index (χ2v) is 6.38. The van der Waals surface area contributed by atoms with Gasteiger partial charge in [0.25, 0.3) is 0 Å². The molecule has 0 aromatic carbocycles. The van der Waals surface area contributed by atoms with Crippen molar-refractivity contribution in [1.29, 1.82) is 0 Å². The minimum Gasteiger partial charge on any atom is -0.465 e. The van der Waals surface area contributed by atoms with Crippen molar-refractivity contribution in [1.82, 2.24) is 9.80 Å². The van der Waals surface area contributed by atoms with Crippen molar-refractivity contribution >= 4 is 5.97 Å². The molecule has 0 atom stereocenters. The summed E-state index contributed by atoms with van der Waals surface area (Å²) in [6.45, 7) is 7.72. The summed E-state index contributed by atoms with van der Waals surface area (Å²) in [5.41, 5.74) is 0. The number of ether oxygens (including phenoxy) is 1. The molecule has 1 saturated heterocycles. The third-order valence-electron chi connectivity index (χ3n) is 4.55. The summed E-state index contributed by atoms with van der Waals surface area (Å²) >= 11 is 0. The van der Waals surface area contributed by atoms with Crippen LogP contribution in [-0.2, 0) is 24.2 Å². The van der Waals surface area contributed by atoms with Gasteiger partial charge in [0.1, 0.15) is 17.3 Å². The second-order valence-electron chi connectivity index (χ2n) is 6.38. The maximum Gasteiger partial charge on any atom is 0.373 e. The number of hydrogen-bond acceptors (Lipinski definition) is 6. The SMILES string of the molecule is CCc1ccc(CN2CCCN(Cc3ccc(C(=O)OC)o3)CC2)o1. The molecule has 0 radical (unpaired) electrons. The summed E-state index contributed by atoms with van der Waals surface area (Å²) in [4.78, 5) is 16.3. The lowest BCUT2D eigenvalue weighted by Gasteiger charge is -2.20. The summed E-state index contributed by atoms with van der Waals surface area (Å²) in [6, 6.07) is 7.67. The Kier molecular flexibility index (Phi) is 5.94. The van der Waals surface area contributed by atoms with Crippen LogP contribution in [0.4, 0.5) is 0 Å². The average molecular weight is 346 g/mol. The fourth-order valence-corrected chi connectivity index (χ4v) is 3.15. The van der Waals surface area contributed by atoms with E-state index in [-0.39, 0.29) is 5.76 Å². The third-order valence-corrected chi connectivity index (χ3v) is 4.55. The number of nitrogens with zero attached hydrogens (tertiary/aromatic N) is 2. The molecule has 0 spiro atoms. The van der Waals surface area contributed by atoms with Gasteiger partial charge in [-0.3, -0.25) is 9.80 Å². The van der Waals surface area contributed by atoms with E-state index in [1.165, 1.54) is 7.11 Å². The first kappa shape index (κ1) is 17.8. The number of carbonyl (C=O) groups excluding carboxylic acids is 1. The fourth-order valence-electron chi connectivity index (χ4n) is 3.15. The number of methoxy groups -OCH3 is 1. The van der Waals surface area contributed by atoms with Crippen molar-refractivity contribution < 1.29 is 18.4 Å². The zero-order valence-corrected chi connectivity index (χ0v) is 15.0. The lowest BCUT2D eigenvalue weighted by molar-refractivity contribution is 0.0561. The molecule has 0 bridgehead atoms. The predicted octanol–water partition coefficient (Wildman–Crippen LogP) is 2.93. The van der Waals surface area contributed by atoms with Gasteiger partial charge in [-0.05, 0) is 43.8 Å². The van der Waals surface area contributed by atoms with Crippen LogP contribution < -0.4 is 0 Å². The van der Waals surface area contributed by atoms with Crippen LogP contribution in [0.25, 0.3) is 0 Å². The Bertz CT molecular complexity index is 691. The Morgan fingerprint density at radius 2 is 1.56 bits per heavy atom. The molecule has 6 heteroatoms. The summed E-state index contributed by atoms with van der Waals surface area (Å²) in [5, 5.41) is 0. The van der Waals surface area contributed by atoms with E-state index < -0.39 is 5.97 Å². The van der Waals surface area contributed by atoms with Gasteiger partial charge in [-0.25, -0.2) is 4.79 Å². The van der Waals surface area contributed by atoms with Crippen molar-refractivity contribution in [2.24, 2.45) is 0 Å². The highest BCUT2D eigenvalue weighted by molar-refractivity contribution is 5.86. The van der Waals surface area contributed by atoms with E-state index in [0.29, 0.717) is 6.54 Å². The van der Waals surface area contributed by atoms with E-state index in [2.05, 4.69) is 33.6 Å². The van der Waals surface area contributed by atoms with Crippen LogP contribution in [0.1, 0.15) is 41.2 Å². The highest BCUT2D eigenvalue weighted by Gasteiger charge is 2.18. The number of rotatable bonds is 6. The first-order valence-electron chi connectivity index (χ1n) is 8.87. The Labute approximate surface area is 148 Å². The molecular weight excluding hydrogens is 320 g/mol. The molecule has 3 rings (SSSR count). The third kappa shape index (κ3) is 4.74. The number of carbonyl (C=O) groups is 1. The molecular formula is C19H26N2O4. The minimum atomic E-state index is -0.432. The second kappa shape index (κ2) is 8.36. The predicted molar refractivity (Wildman–Crippen MR) is 93.3 cm³/mol. The summed E-state index contributed by atoms with van der Waals surface area (Å²) in [7, 11) is 1.36. The Balaban J connectivity index is 1.51. The zero-order valence-electron chi connectivity index (χ0n) is 15.0. The number of esters is 1. The van der Waals surface area contributed by atoms with Crippen molar-refractivity contribution in [3.05, 3.63) is 47.3 Å². The zero-order chi connectivity index (χ0) is 17.6. The maximum atomic E-state index is 11.5. The average Bonchev–Trinajstić information content (AvgIpc) is 3.22. The molecule has 0 N–H and O–H groups in total. The quantitative estimate of drug-likeness (QED) is 0.750. The Hall–Kier alpha value is -2.05. The van der Waals surface area contributed by atoms with Crippen molar-refractivity contribution in [3.63, 3.8) is 0 Å². The molecule has 6 nitrogen and oxygen atoms in total. The molecule has 136 valence electrons.